The first-order valence-electron chi connectivity index (χ1n) is 7.32. The maximum Gasteiger partial charge on any atom is -0.0323 e. The predicted molar refractivity (Wildman–Crippen MR) is 73.6 cm³/mol. The van der Waals surface area contributed by atoms with E-state index in [0.717, 1.165) is 11.8 Å². The van der Waals surface area contributed by atoms with E-state index in [4.69, 9.17) is 0 Å². The second-order valence-electron chi connectivity index (χ2n) is 7.36. The van der Waals surface area contributed by atoms with Crippen molar-refractivity contribution in [1.29, 1.82) is 0 Å². The van der Waals surface area contributed by atoms with E-state index >= 15 is 0 Å². The van der Waals surface area contributed by atoms with E-state index in [2.05, 4.69) is 41.5 Å². The first-order valence-corrected chi connectivity index (χ1v) is 7.32. The lowest BCUT2D eigenvalue weighted by molar-refractivity contribution is 0.0837. The molecule has 0 bridgehead atoms. The molecule has 0 amide bonds. The maximum atomic E-state index is 2.51. The summed E-state index contributed by atoms with van der Waals surface area (Å²) in [4.78, 5) is 0. The van der Waals surface area contributed by atoms with Gasteiger partial charge in [0.05, 0.1) is 0 Å². The molecule has 1 fully saturated rings. The topological polar surface area (TPSA) is 0 Å². The minimum absolute atomic E-state index is 0.605. The molecule has 16 heavy (non-hydrogen) atoms. The van der Waals surface area contributed by atoms with Crippen molar-refractivity contribution in [3.63, 3.8) is 0 Å². The Morgan fingerprint density at radius 3 is 1.19 bits per heavy atom. The molecular weight excluding hydrogens is 192 g/mol. The molecule has 0 nitrogen and oxygen atoms in total. The highest BCUT2D eigenvalue weighted by Crippen LogP contribution is 2.47. The molecule has 1 aliphatic rings. The van der Waals surface area contributed by atoms with E-state index in [1.54, 1.807) is 0 Å². The van der Waals surface area contributed by atoms with Crippen molar-refractivity contribution < 1.29 is 0 Å². The summed E-state index contributed by atoms with van der Waals surface area (Å²) in [6.45, 7) is 14.7. The molecule has 0 aromatic heterocycles. The van der Waals surface area contributed by atoms with Crippen LogP contribution in [0.4, 0.5) is 0 Å². The Balaban J connectivity index is 2.78. The Kier molecular flexibility index (Phi) is 4.49. The molecule has 0 aliphatic heterocycles. The van der Waals surface area contributed by atoms with Gasteiger partial charge in [-0.2, -0.15) is 0 Å². The van der Waals surface area contributed by atoms with E-state index in [1.165, 1.54) is 38.5 Å². The van der Waals surface area contributed by atoms with Crippen LogP contribution < -0.4 is 0 Å². The number of rotatable bonds is 2. The van der Waals surface area contributed by atoms with Crippen molar-refractivity contribution in [2.75, 3.05) is 0 Å². The first kappa shape index (κ1) is 14.1. The molecular formula is C16H32. The van der Waals surface area contributed by atoms with Crippen molar-refractivity contribution in [3.05, 3.63) is 0 Å². The molecule has 0 N–H and O–H groups in total. The molecule has 96 valence electrons. The quantitative estimate of drug-likeness (QED) is 0.567. The van der Waals surface area contributed by atoms with Gasteiger partial charge in [-0.05, 0) is 48.3 Å². The summed E-state index contributed by atoms with van der Waals surface area (Å²) in [5, 5.41) is 0. The zero-order valence-corrected chi connectivity index (χ0v) is 12.4. The third-order valence-electron chi connectivity index (χ3n) is 5.07. The average molecular weight is 224 g/mol. The molecule has 1 rings (SSSR count). The third-order valence-corrected chi connectivity index (χ3v) is 5.07. The lowest BCUT2D eigenvalue weighted by Gasteiger charge is -2.43. The Labute approximate surface area is 103 Å². The second-order valence-corrected chi connectivity index (χ2v) is 7.36. The molecule has 0 radical (unpaired) electrons. The summed E-state index contributed by atoms with van der Waals surface area (Å²) < 4.78 is 0. The van der Waals surface area contributed by atoms with E-state index in [0.29, 0.717) is 10.8 Å². The third kappa shape index (κ3) is 3.50. The van der Waals surface area contributed by atoms with Gasteiger partial charge in [0.1, 0.15) is 0 Å². The van der Waals surface area contributed by atoms with Gasteiger partial charge in [0.25, 0.3) is 0 Å². The van der Waals surface area contributed by atoms with Gasteiger partial charge in [0.15, 0.2) is 0 Å². The van der Waals surface area contributed by atoms with Gasteiger partial charge in [-0.15, -0.1) is 0 Å². The lowest BCUT2D eigenvalue weighted by Crippen LogP contribution is -2.31. The zero-order chi connectivity index (χ0) is 12.4. The minimum Gasteiger partial charge on any atom is -0.0649 e. The minimum atomic E-state index is 0.605. The van der Waals surface area contributed by atoms with Gasteiger partial charge >= 0.3 is 0 Å². The standard InChI is InChI=1S/C16H32/c1-7-15(5)9-13(3)11-16(6,8-2)12-14(4)10-15/h13-14H,7-12H2,1-6H3. The van der Waals surface area contributed by atoms with Gasteiger partial charge in [0, 0.05) is 0 Å². The monoisotopic (exact) mass is 224 g/mol. The van der Waals surface area contributed by atoms with E-state index in [9.17, 15) is 0 Å². The van der Waals surface area contributed by atoms with Crippen LogP contribution in [0.1, 0.15) is 80.1 Å². The Morgan fingerprint density at radius 1 is 0.750 bits per heavy atom. The van der Waals surface area contributed by atoms with E-state index in [-0.39, 0.29) is 0 Å². The van der Waals surface area contributed by atoms with Gasteiger partial charge in [0.2, 0.25) is 0 Å². The van der Waals surface area contributed by atoms with E-state index < -0.39 is 0 Å². The van der Waals surface area contributed by atoms with Crippen molar-refractivity contribution in [2.45, 2.75) is 80.1 Å². The van der Waals surface area contributed by atoms with Gasteiger partial charge < -0.3 is 0 Å². The van der Waals surface area contributed by atoms with Crippen LogP contribution in [-0.4, -0.2) is 0 Å². The molecule has 1 aliphatic carbocycles. The molecule has 1 saturated carbocycles. The van der Waals surface area contributed by atoms with Crippen LogP contribution in [0.5, 0.6) is 0 Å². The van der Waals surface area contributed by atoms with Gasteiger partial charge in [-0.3, -0.25) is 0 Å². The highest BCUT2D eigenvalue weighted by Gasteiger charge is 2.35. The van der Waals surface area contributed by atoms with Gasteiger partial charge in [-0.25, -0.2) is 0 Å². The molecule has 0 aromatic rings. The summed E-state index contributed by atoms with van der Waals surface area (Å²) in [5.74, 6) is 1.81. The van der Waals surface area contributed by atoms with Crippen LogP contribution in [0.2, 0.25) is 0 Å². The molecule has 0 heterocycles. The van der Waals surface area contributed by atoms with Gasteiger partial charge in [-0.1, -0.05) is 54.4 Å². The highest BCUT2D eigenvalue weighted by molar-refractivity contribution is 4.87. The fourth-order valence-corrected chi connectivity index (χ4v) is 4.25. The molecule has 0 unspecified atom stereocenters. The smallest absolute Gasteiger partial charge is 0.0323 e. The summed E-state index contributed by atoms with van der Waals surface area (Å²) in [7, 11) is 0. The SMILES string of the molecule is CCC1(C)CC(C)CC(C)(CC)CC(C)C1. The lowest BCUT2D eigenvalue weighted by atomic mass is 9.63. The predicted octanol–water partition coefficient (Wildman–Crippen LogP) is 5.67. The second kappa shape index (κ2) is 5.10. The van der Waals surface area contributed by atoms with E-state index in [1.807, 2.05) is 0 Å². The van der Waals surface area contributed by atoms with Crippen LogP contribution >= 0.6 is 0 Å². The maximum absolute atomic E-state index is 2.51. The van der Waals surface area contributed by atoms with Crippen LogP contribution in [0.3, 0.4) is 0 Å². The summed E-state index contributed by atoms with van der Waals surface area (Å²) in [6, 6.07) is 0. The Hall–Kier alpha value is 0. The summed E-state index contributed by atoms with van der Waals surface area (Å²) in [6.07, 6.45) is 8.44. The molecule has 0 spiro atoms. The van der Waals surface area contributed by atoms with Crippen LogP contribution in [0, 0.1) is 22.7 Å². The molecule has 0 atom stereocenters. The Bertz CT molecular complexity index is 180. The van der Waals surface area contributed by atoms with Crippen molar-refractivity contribution >= 4 is 0 Å². The molecule has 0 aromatic carbocycles. The van der Waals surface area contributed by atoms with Crippen LogP contribution in [0.15, 0.2) is 0 Å². The van der Waals surface area contributed by atoms with Crippen LogP contribution in [-0.2, 0) is 0 Å². The molecule has 0 heteroatoms. The zero-order valence-electron chi connectivity index (χ0n) is 12.4. The summed E-state index contributed by atoms with van der Waals surface area (Å²) >= 11 is 0. The number of hydrogen-bond acceptors (Lipinski definition) is 0. The molecule has 0 saturated heterocycles. The van der Waals surface area contributed by atoms with Crippen molar-refractivity contribution in [1.82, 2.24) is 0 Å². The fourth-order valence-electron chi connectivity index (χ4n) is 4.25. The first-order chi connectivity index (χ1) is 7.32. The largest absolute Gasteiger partial charge is 0.0649 e. The number of hydrogen-bond donors (Lipinski definition) is 0. The van der Waals surface area contributed by atoms with Crippen LogP contribution in [0.25, 0.3) is 0 Å². The normalized spacial score (nSPS) is 46.1. The highest BCUT2D eigenvalue weighted by atomic mass is 14.4. The van der Waals surface area contributed by atoms with Crippen molar-refractivity contribution in [2.24, 2.45) is 22.7 Å². The fraction of sp³-hybridized carbons (Fsp3) is 1.00. The summed E-state index contributed by atoms with van der Waals surface area (Å²) in [5.41, 5.74) is 1.21. The Morgan fingerprint density at radius 2 is 1.00 bits per heavy atom. The van der Waals surface area contributed by atoms with Crippen molar-refractivity contribution in [3.8, 4) is 0 Å². The average Bonchev–Trinajstić information content (AvgIpc) is 2.14.